The smallest absolute Gasteiger partial charge is 0.329 e. The molecule has 0 bridgehead atoms. The minimum absolute atomic E-state index is 0.206. The SMILES string of the molecule is CCOC(=O)C(CC(=O)O)Nc1ccc2[nH]ncc2c1. The van der Waals surface area contributed by atoms with E-state index < -0.39 is 18.0 Å². The number of nitrogens with one attached hydrogen (secondary N) is 2. The molecule has 0 spiro atoms. The Balaban J connectivity index is 2.16. The lowest BCUT2D eigenvalue weighted by Gasteiger charge is -2.16. The minimum Gasteiger partial charge on any atom is -0.481 e. The molecule has 0 aliphatic heterocycles. The number of aliphatic carboxylic acids is 1. The second-order valence-electron chi connectivity index (χ2n) is 4.22. The molecular weight excluding hydrogens is 262 g/mol. The topological polar surface area (TPSA) is 104 Å². The van der Waals surface area contributed by atoms with Gasteiger partial charge >= 0.3 is 11.9 Å². The Morgan fingerprint density at radius 1 is 1.50 bits per heavy atom. The number of hydrogen-bond donors (Lipinski definition) is 3. The number of carboxylic acids is 1. The predicted molar refractivity (Wildman–Crippen MR) is 72.4 cm³/mol. The van der Waals surface area contributed by atoms with Crippen LogP contribution in [-0.2, 0) is 14.3 Å². The average molecular weight is 277 g/mol. The van der Waals surface area contributed by atoms with Gasteiger partial charge in [-0.3, -0.25) is 9.89 Å². The molecule has 0 aliphatic rings. The summed E-state index contributed by atoms with van der Waals surface area (Å²) in [6, 6.07) is 4.41. The Kier molecular flexibility index (Phi) is 4.19. The van der Waals surface area contributed by atoms with Gasteiger partial charge < -0.3 is 15.2 Å². The van der Waals surface area contributed by atoms with Crippen molar-refractivity contribution >= 4 is 28.5 Å². The Bertz CT molecular complexity index is 623. The fourth-order valence-corrected chi connectivity index (χ4v) is 1.84. The highest BCUT2D eigenvalue weighted by atomic mass is 16.5. The van der Waals surface area contributed by atoms with Crippen LogP contribution in [0.3, 0.4) is 0 Å². The molecule has 1 aromatic heterocycles. The monoisotopic (exact) mass is 277 g/mol. The molecule has 3 N–H and O–H groups in total. The summed E-state index contributed by atoms with van der Waals surface area (Å²) in [5.41, 5.74) is 1.50. The molecule has 0 aliphatic carbocycles. The molecule has 1 aromatic carbocycles. The molecule has 0 saturated carbocycles. The number of benzene rings is 1. The van der Waals surface area contributed by atoms with Gasteiger partial charge in [-0.1, -0.05) is 0 Å². The first-order valence-electron chi connectivity index (χ1n) is 6.18. The summed E-state index contributed by atoms with van der Waals surface area (Å²) in [6.07, 6.45) is 1.30. The molecule has 1 unspecified atom stereocenters. The fourth-order valence-electron chi connectivity index (χ4n) is 1.84. The molecule has 1 atom stereocenters. The molecule has 7 nitrogen and oxygen atoms in total. The Morgan fingerprint density at radius 2 is 2.30 bits per heavy atom. The number of aromatic nitrogens is 2. The maximum Gasteiger partial charge on any atom is 0.329 e. The summed E-state index contributed by atoms with van der Waals surface area (Å²) in [5, 5.41) is 19.3. The number of rotatable bonds is 6. The van der Waals surface area contributed by atoms with Gasteiger partial charge in [0.1, 0.15) is 6.04 Å². The van der Waals surface area contributed by atoms with Gasteiger partial charge in [-0.25, -0.2) is 4.79 Å². The molecule has 2 aromatic rings. The van der Waals surface area contributed by atoms with Crippen LogP contribution in [0.5, 0.6) is 0 Å². The summed E-state index contributed by atoms with van der Waals surface area (Å²) in [7, 11) is 0. The van der Waals surface area contributed by atoms with Crippen LogP contribution in [0.25, 0.3) is 10.9 Å². The van der Waals surface area contributed by atoms with Gasteiger partial charge in [0.2, 0.25) is 0 Å². The summed E-state index contributed by atoms with van der Waals surface area (Å²) in [6.45, 7) is 1.88. The van der Waals surface area contributed by atoms with E-state index in [1.54, 1.807) is 31.3 Å². The van der Waals surface area contributed by atoms with E-state index in [4.69, 9.17) is 9.84 Å². The van der Waals surface area contributed by atoms with E-state index in [1.807, 2.05) is 0 Å². The van der Waals surface area contributed by atoms with Crippen molar-refractivity contribution in [3.63, 3.8) is 0 Å². The van der Waals surface area contributed by atoms with E-state index >= 15 is 0 Å². The Labute approximate surface area is 114 Å². The number of anilines is 1. The number of carbonyl (C=O) groups excluding carboxylic acids is 1. The van der Waals surface area contributed by atoms with Crippen molar-refractivity contribution in [2.24, 2.45) is 0 Å². The van der Waals surface area contributed by atoms with Crippen molar-refractivity contribution in [2.45, 2.75) is 19.4 Å². The Hall–Kier alpha value is -2.57. The number of ether oxygens (including phenoxy) is 1. The number of carbonyl (C=O) groups is 2. The molecule has 0 amide bonds. The lowest BCUT2D eigenvalue weighted by atomic mass is 10.1. The van der Waals surface area contributed by atoms with Crippen molar-refractivity contribution in [3.05, 3.63) is 24.4 Å². The van der Waals surface area contributed by atoms with Gasteiger partial charge in [0.15, 0.2) is 0 Å². The van der Waals surface area contributed by atoms with Crippen LogP contribution < -0.4 is 5.32 Å². The van der Waals surface area contributed by atoms with Gasteiger partial charge in [-0.15, -0.1) is 0 Å². The van der Waals surface area contributed by atoms with E-state index in [1.165, 1.54) is 0 Å². The molecule has 106 valence electrons. The highest BCUT2D eigenvalue weighted by Gasteiger charge is 2.22. The highest BCUT2D eigenvalue weighted by Crippen LogP contribution is 2.18. The number of carboxylic acid groups (broad SMARTS) is 1. The number of fused-ring (bicyclic) bond motifs is 1. The number of aromatic amines is 1. The normalized spacial score (nSPS) is 12.1. The van der Waals surface area contributed by atoms with Crippen molar-refractivity contribution in [1.29, 1.82) is 0 Å². The van der Waals surface area contributed by atoms with E-state index in [2.05, 4.69) is 15.5 Å². The third-order valence-corrected chi connectivity index (χ3v) is 2.73. The summed E-state index contributed by atoms with van der Waals surface area (Å²) in [5.74, 6) is -1.65. The summed E-state index contributed by atoms with van der Waals surface area (Å²) in [4.78, 5) is 22.5. The first kappa shape index (κ1) is 13.9. The highest BCUT2D eigenvalue weighted by molar-refractivity contribution is 5.87. The standard InChI is InChI=1S/C13H15N3O4/c1-2-20-13(19)11(6-12(17)18)15-9-3-4-10-8(5-9)7-14-16-10/h3-5,7,11,15H,2,6H2,1H3,(H,14,16)(H,17,18). The van der Waals surface area contributed by atoms with Crippen LogP contribution in [0.4, 0.5) is 5.69 Å². The first-order valence-corrected chi connectivity index (χ1v) is 6.18. The third kappa shape index (κ3) is 3.25. The zero-order chi connectivity index (χ0) is 14.5. The molecule has 7 heteroatoms. The zero-order valence-corrected chi connectivity index (χ0v) is 10.9. The molecule has 0 fully saturated rings. The van der Waals surface area contributed by atoms with Gasteiger partial charge in [-0.05, 0) is 25.1 Å². The summed E-state index contributed by atoms with van der Waals surface area (Å²) >= 11 is 0. The maximum absolute atomic E-state index is 11.7. The second-order valence-corrected chi connectivity index (χ2v) is 4.22. The van der Waals surface area contributed by atoms with Crippen molar-refractivity contribution in [3.8, 4) is 0 Å². The van der Waals surface area contributed by atoms with Crippen LogP contribution in [0, 0.1) is 0 Å². The molecule has 1 heterocycles. The van der Waals surface area contributed by atoms with Crippen LogP contribution in [0.15, 0.2) is 24.4 Å². The number of hydrogen-bond acceptors (Lipinski definition) is 5. The van der Waals surface area contributed by atoms with Gasteiger partial charge in [0, 0.05) is 11.1 Å². The summed E-state index contributed by atoms with van der Waals surface area (Å²) < 4.78 is 4.87. The van der Waals surface area contributed by atoms with Crippen molar-refractivity contribution < 1.29 is 19.4 Å². The van der Waals surface area contributed by atoms with E-state index in [9.17, 15) is 9.59 Å². The number of esters is 1. The quantitative estimate of drug-likeness (QED) is 0.689. The zero-order valence-electron chi connectivity index (χ0n) is 10.9. The van der Waals surface area contributed by atoms with E-state index in [-0.39, 0.29) is 13.0 Å². The second kappa shape index (κ2) is 6.05. The van der Waals surface area contributed by atoms with Crippen LogP contribution in [0.2, 0.25) is 0 Å². The van der Waals surface area contributed by atoms with Crippen molar-refractivity contribution in [1.82, 2.24) is 10.2 Å². The molecule has 2 rings (SSSR count). The lowest BCUT2D eigenvalue weighted by molar-refractivity contribution is -0.148. The largest absolute Gasteiger partial charge is 0.481 e. The lowest BCUT2D eigenvalue weighted by Crippen LogP contribution is -2.33. The number of nitrogens with zero attached hydrogens (tertiary/aromatic N) is 1. The van der Waals surface area contributed by atoms with Gasteiger partial charge in [0.05, 0.1) is 24.7 Å². The third-order valence-electron chi connectivity index (χ3n) is 2.73. The van der Waals surface area contributed by atoms with Gasteiger partial charge in [0.25, 0.3) is 0 Å². The fraction of sp³-hybridized carbons (Fsp3) is 0.308. The predicted octanol–water partition coefficient (Wildman–Crippen LogP) is 1.38. The first-order chi connectivity index (χ1) is 9.60. The molecule has 0 radical (unpaired) electrons. The number of H-pyrrole nitrogens is 1. The van der Waals surface area contributed by atoms with Crippen LogP contribution >= 0.6 is 0 Å². The molecular formula is C13H15N3O4. The van der Waals surface area contributed by atoms with Crippen LogP contribution in [0.1, 0.15) is 13.3 Å². The van der Waals surface area contributed by atoms with E-state index in [0.717, 1.165) is 10.9 Å². The van der Waals surface area contributed by atoms with Crippen LogP contribution in [-0.4, -0.2) is 39.9 Å². The maximum atomic E-state index is 11.7. The van der Waals surface area contributed by atoms with Gasteiger partial charge in [-0.2, -0.15) is 5.10 Å². The minimum atomic E-state index is -1.07. The Morgan fingerprint density at radius 3 is 3.00 bits per heavy atom. The average Bonchev–Trinajstić information content (AvgIpc) is 2.85. The van der Waals surface area contributed by atoms with E-state index in [0.29, 0.717) is 5.69 Å². The molecule has 20 heavy (non-hydrogen) atoms. The molecule has 0 saturated heterocycles. The van der Waals surface area contributed by atoms with Crippen molar-refractivity contribution in [2.75, 3.05) is 11.9 Å².